The monoisotopic (exact) mass is 431 g/mol. The van der Waals surface area contributed by atoms with Crippen molar-refractivity contribution in [3.05, 3.63) is 88.6 Å². The molecule has 0 unspecified atom stereocenters. The minimum absolute atomic E-state index is 1.08. The van der Waals surface area contributed by atoms with E-state index in [0.717, 1.165) is 5.52 Å². The molecule has 0 bridgehead atoms. The summed E-state index contributed by atoms with van der Waals surface area (Å²) in [5.74, 6) is 0. The molecule has 0 aliphatic rings. The first-order valence-corrected chi connectivity index (χ1v) is 9.35. The van der Waals surface area contributed by atoms with Crippen LogP contribution in [-0.4, -0.2) is 4.98 Å². The number of aromatic nitrogens is 1. The normalized spacial score (nSPS) is 11.4. The fraction of sp³-hybridized carbons (Fsp3) is 0. The van der Waals surface area contributed by atoms with Crippen molar-refractivity contribution in [1.29, 1.82) is 0 Å². The molecule has 0 aliphatic carbocycles. The minimum atomic E-state index is 1.08. The van der Waals surface area contributed by atoms with Crippen LogP contribution in [0.5, 0.6) is 0 Å². The van der Waals surface area contributed by atoms with Crippen molar-refractivity contribution in [3.63, 3.8) is 0 Å². The van der Waals surface area contributed by atoms with Crippen molar-refractivity contribution >= 4 is 55.0 Å². The van der Waals surface area contributed by atoms with E-state index in [1.807, 2.05) is 6.20 Å². The average molecular weight is 431 g/mol. The molecule has 118 valence electrons. The third-order valence-electron chi connectivity index (χ3n) is 4.76. The highest BCUT2D eigenvalue weighted by Crippen LogP contribution is 2.41. The molecule has 25 heavy (non-hydrogen) atoms. The summed E-state index contributed by atoms with van der Waals surface area (Å²) in [6.07, 6.45) is 1.99. The lowest BCUT2D eigenvalue weighted by Gasteiger charge is -2.15. The standard InChI is InChI=1S/C23H14IN/c24-22-20(15-8-2-1-3-9-15)18-12-6-7-13-19(18)21-17-11-5-4-10-16(17)14-25-23(21)22/h1-14H. The molecule has 5 aromatic rings. The summed E-state index contributed by atoms with van der Waals surface area (Å²) in [4.78, 5) is 4.84. The topological polar surface area (TPSA) is 12.9 Å². The predicted molar refractivity (Wildman–Crippen MR) is 115 cm³/mol. The Morgan fingerprint density at radius 3 is 2.08 bits per heavy atom. The third kappa shape index (κ3) is 2.24. The summed E-state index contributed by atoms with van der Waals surface area (Å²) in [5, 5.41) is 6.24. The Morgan fingerprint density at radius 2 is 1.28 bits per heavy atom. The Labute approximate surface area is 159 Å². The summed E-state index contributed by atoms with van der Waals surface area (Å²) >= 11 is 2.46. The van der Waals surface area contributed by atoms with Gasteiger partial charge in [-0.15, -0.1) is 0 Å². The van der Waals surface area contributed by atoms with Crippen LogP contribution in [0.25, 0.3) is 43.6 Å². The molecule has 0 saturated carbocycles. The van der Waals surface area contributed by atoms with E-state index < -0.39 is 0 Å². The van der Waals surface area contributed by atoms with Crippen LogP contribution in [0.2, 0.25) is 0 Å². The van der Waals surface area contributed by atoms with Crippen LogP contribution in [0.4, 0.5) is 0 Å². The molecule has 0 N–H and O–H groups in total. The van der Waals surface area contributed by atoms with Gasteiger partial charge >= 0.3 is 0 Å². The molecular formula is C23H14IN. The molecule has 1 heterocycles. The zero-order valence-electron chi connectivity index (χ0n) is 13.4. The molecule has 5 rings (SSSR count). The molecule has 1 nitrogen and oxygen atoms in total. The van der Waals surface area contributed by atoms with E-state index in [0.29, 0.717) is 0 Å². The molecule has 0 aliphatic heterocycles. The number of benzene rings is 4. The smallest absolute Gasteiger partial charge is 0.0854 e. The van der Waals surface area contributed by atoms with Gasteiger partial charge in [-0.05, 0) is 44.3 Å². The van der Waals surface area contributed by atoms with E-state index in [-0.39, 0.29) is 0 Å². The fourth-order valence-electron chi connectivity index (χ4n) is 3.65. The number of pyridine rings is 1. The Morgan fingerprint density at radius 1 is 0.640 bits per heavy atom. The first kappa shape index (κ1) is 14.8. The predicted octanol–water partition coefficient (Wildman–Crippen LogP) is 6.81. The molecule has 0 amide bonds. The lowest BCUT2D eigenvalue weighted by Crippen LogP contribution is -1.93. The number of halogens is 1. The van der Waals surface area contributed by atoms with Gasteiger partial charge in [0.1, 0.15) is 0 Å². The maximum atomic E-state index is 4.84. The minimum Gasteiger partial charge on any atom is -0.254 e. The highest BCUT2D eigenvalue weighted by Gasteiger charge is 2.16. The second kappa shape index (κ2) is 5.81. The zero-order chi connectivity index (χ0) is 16.8. The van der Waals surface area contributed by atoms with Crippen molar-refractivity contribution in [1.82, 2.24) is 4.98 Å². The summed E-state index contributed by atoms with van der Waals surface area (Å²) in [6, 6.07) is 27.8. The van der Waals surface area contributed by atoms with Crippen molar-refractivity contribution < 1.29 is 0 Å². The molecule has 0 saturated heterocycles. The lowest BCUT2D eigenvalue weighted by atomic mass is 9.93. The quantitative estimate of drug-likeness (QED) is 0.210. The van der Waals surface area contributed by atoms with E-state index in [1.54, 1.807) is 0 Å². The summed E-state index contributed by atoms with van der Waals surface area (Å²) in [7, 11) is 0. The number of nitrogens with zero attached hydrogens (tertiary/aromatic N) is 1. The van der Waals surface area contributed by atoms with E-state index in [4.69, 9.17) is 4.98 Å². The maximum Gasteiger partial charge on any atom is 0.0854 e. The lowest BCUT2D eigenvalue weighted by molar-refractivity contribution is 1.44. The molecule has 0 fully saturated rings. The summed E-state index contributed by atoms with van der Waals surface area (Å²) < 4.78 is 1.21. The van der Waals surface area contributed by atoms with Crippen molar-refractivity contribution in [2.45, 2.75) is 0 Å². The zero-order valence-corrected chi connectivity index (χ0v) is 15.6. The Bertz CT molecular complexity index is 1240. The van der Waals surface area contributed by atoms with Crippen LogP contribution in [-0.2, 0) is 0 Å². The molecule has 4 aromatic carbocycles. The molecular weight excluding hydrogens is 417 g/mol. The first-order chi connectivity index (χ1) is 12.3. The van der Waals surface area contributed by atoms with Crippen LogP contribution < -0.4 is 0 Å². The first-order valence-electron chi connectivity index (χ1n) is 8.27. The van der Waals surface area contributed by atoms with Gasteiger partial charge in [-0.2, -0.15) is 0 Å². The fourth-order valence-corrected chi connectivity index (χ4v) is 4.66. The number of fused-ring (bicyclic) bond motifs is 5. The Kier molecular flexibility index (Phi) is 3.45. The van der Waals surface area contributed by atoms with E-state index >= 15 is 0 Å². The number of hydrogen-bond donors (Lipinski definition) is 0. The largest absolute Gasteiger partial charge is 0.254 e. The number of hydrogen-bond acceptors (Lipinski definition) is 1. The van der Waals surface area contributed by atoms with Crippen molar-refractivity contribution in [2.75, 3.05) is 0 Å². The van der Waals surface area contributed by atoms with Gasteiger partial charge in [0.05, 0.1) is 5.52 Å². The highest BCUT2D eigenvalue weighted by molar-refractivity contribution is 14.1. The van der Waals surface area contributed by atoms with Crippen LogP contribution in [0, 0.1) is 3.57 Å². The van der Waals surface area contributed by atoms with E-state index in [2.05, 4.69) is 101 Å². The molecule has 2 heteroatoms. The van der Waals surface area contributed by atoms with Crippen LogP contribution in [0.1, 0.15) is 0 Å². The van der Waals surface area contributed by atoms with Gasteiger partial charge in [0.15, 0.2) is 0 Å². The molecule has 0 spiro atoms. The van der Waals surface area contributed by atoms with Gasteiger partial charge in [-0.3, -0.25) is 4.98 Å². The van der Waals surface area contributed by atoms with E-state index in [9.17, 15) is 0 Å². The van der Waals surface area contributed by atoms with Crippen molar-refractivity contribution in [3.8, 4) is 11.1 Å². The second-order valence-corrected chi connectivity index (χ2v) is 7.25. The van der Waals surface area contributed by atoms with Crippen LogP contribution in [0.15, 0.2) is 85.1 Å². The van der Waals surface area contributed by atoms with E-state index in [1.165, 1.54) is 41.6 Å². The highest BCUT2D eigenvalue weighted by atomic mass is 127. The van der Waals surface area contributed by atoms with Gasteiger partial charge in [-0.25, -0.2) is 0 Å². The maximum absolute atomic E-state index is 4.84. The van der Waals surface area contributed by atoms with Gasteiger partial charge < -0.3 is 0 Å². The second-order valence-electron chi connectivity index (χ2n) is 6.17. The van der Waals surface area contributed by atoms with Gasteiger partial charge in [0.25, 0.3) is 0 Å². The van der Waals surface area contributed by atoms with Crippen LogP contribution >= 0.6 is 22.6 Å². The average Bonchev–Trinajstić information content (AvgIpc) is 2.68. The van der Waals surface area contributed by atoms with Gasteiger partial charge in [0, 0.05) is 26.1 Å². The molecule has 0 radical (unpaired) electrons. The van der Waals surface area contributed by atoms with Crippen LogP contribution in [0.3, 0.4) is 0 Å². The van der Waals surface area contributed by atoms with Gasteiger partial charge in [0.2, 0.25) is 0 Å². The Balaban J connectivity index is 2.07. The third-order valence-corrected chi connectivity index (χ3v) is 5.81. The molecule has 0 atom stereocenters. The van der Waals surface area contributed by atoms with Crippen molar-refractivity contribution in [2.24, 2.45) is 0 Å². The number of rotatable bonds is 1. The Hall–Kier alpha value is -2.46. The molecule has 1 aromatic heterocycles. The summed E-state index contributed by atoms with van der Waals surface area (Å²) in [5.41, 5.74) is 3.59. The van der Waals surface area contributed by atoms with Gasteiger partial charge in [-0.1, -0.05) is 78.9 Å². The summed E-state index contributed by atoms with van der Waals surface area (Å²) in [6.45, 7) is 0. The SMILES string of the molecule is Ic1c(-c2ccccc2)c2ccccc2c2c1ncc1ccccc12.